The first-order valence-corrected chi connectivity index (χ1v) is 5.39. The first kappa shape index (κ1) is 13.0. The zero-order valence-corrected chi connectivity index (χ0v) is 10.8. The lowest BCUT2D eigenvalue weighted by Crippen LogP contribution is -2.10. The Hall–Kier alpha value is -1.06. The molecule has 0 aliphatic rings. The number of hydrogen-bond acceptors (Lipinski definition) is 3. The van der Waals surface area contributed by atoms with Crippen LogP contribution in [0.3, 0.4) is 0 Å². The highest BCUT2D eigenvalue weighted by atomic mass is 35.5. The van der Waals surface area contributed by atoms with Crippen LogP contribution >= 0.6 is 23.2 Å². The molecule has 0 atom stereocenters. The summed E-state index contributed by atoms with van der Waals surface area (Å²) in [6.45, 7) is 1.84. The molecule has 0 bridgehead atoms. The number of carbonyl (C=O) groups excluding carboxylic acids is 1. The smallest absolute Gasteiger partial charge is 0.190 e. The van der Waals surface area contributed by atoms with Gasteiger partial charge >= 0.3 is 0 Å². The van der Waals surface area contributed by atoms with Crippen molar-refractivity contribution in [3.05, 3.63) is 39.8 Å². The van der Waals surface area contributed by atoms with E-state index in [1.165, 1.54) is 6.08 Å². The maximum absolute atomic E-state index is 11.8. The number of hydrogen-bond donors (Lipinski definition) is 0. The Labute approximate surface area is 105 Å². The second-order valence-electron chi connectivity index (χ2n) is 3.52. The van der Waals surface area contributed by atoms with Crippen molar-refractivity contribution in [2.24, 2.45) is 0 Å². The largest absolute Gasteiger partial charge is 0.381 e. The maximum Gasteiger partial charge on any atom is 0.190 e. The number of nitrogens with zero attached hydrogens (tertiary/aromatic N) is 2. The van der Waals surface area contributed by atoms with E-state index in [0.717, 1.165) is 5.70 Å². The van der Waals surface area contributed by atoms with Gasteiger partial charge in [0, 0.05) is 25.9 Å². The molecule has 0 N–H and O–H groups in total. The van der Waals surface area contributed by atoms with Crippen molar-refractivity contribution in [1.29, 1.82) is 0 Å². The molecule has 1 rings (SSSR count). The third kappa shape index (κ3) is 3.22. The molecule has 0 aliphatic carbocycles. The van der Waals surface area contributed by atoms with Gasteiger partial charge in [0.25, 0.3) is 0 Å². The Morgan fingerprint density at radius 2 is 2.00 bits per heavy atom. The topological polar surface area (TPSA) is 33.2 Å². The number of rotatable bonds is 3. The van der Waals surface area contributed by atoms with Crippen molar-refractivity contribution >= 4 is 29.0 Å². The molecule has 0 aromatic carbocycles. The third-order valence-corrected chi connectivity index (χ3v) is 2.62. The van der Waals surface area contributed by atoms with E-state index in [1.54, 1.807) is 12.1 Å². The first-order chi connectivity index (χ1) is 7.41. The molecule has 0 fully saturated rings. The van der Waals surface area contributed by atoms with Crippen molar-refractivity contribution in [3.8, 4) is 0 Å². The molecule has 0 unspecified atom stereocenters. The Morgan fingerprint density at radius 3 is 2.50 bits per heavy atom. The lowest BCUT2D eigenvalue weighted by molar-refractivity contribution is 0.104. The Morgan fingerprint density at radius 1 is 1.38 bits per heavy atom. The summed E-state index contributed by atoms with van der Waals surface area (Å²) in [5.74, 6) is -0.180. The average molecular weight is 259 g/mol. The Kier molecular flexibility index (Phi) is 4.33. The molecule has 1 aromatic rings. The zero-order valence-electron chi connectivity index (χ0n) is 9.29. The molecule has 3 nitrogen and oxygen atoms in total. The predicted molar refractivity (Wildman–Crippen MR) is 66.0 cm³/mol. The molecule has 0 saturated carbocycles. The fourth-order valence-electron chi connectivity index (χ4n) is 0.992. The van der Waals surface area contributed by atoms with E-state index in [4.69, 9.17) is 23.2 Å². The molecule has 5 heteroatoms. The maximum atomic E-state index is 11.8. The molecular formula is C11H12Cl2N2O. The van der Waals surface area contributed by atoms with E-state index in [0.29, 0.717) is 5.56 Å². The molecule has 0 radical (unpaired) electrons. The van der Waals surface area contributed by atoms with Crippen molar-refractivity contribution < 1.29 is 4.79 Å². The van der Waals surface area contributed by atoms with Crippen molar-refractivity contribution in [3.63, 3.8) is 0 Å². The van der Waals surface area contributed by atoms with Gasteiger partial charge in [0.05, 0.1) is 5.56 Å². The van der Waals surface area contributed by atoms with E-state index in [9.17, 15) is 4.79 Å². The highest BCUT2D eigenvalue weighted by Gasteiger charge is 2.10. The van der Waals surface area contributed by atoms with Gasteiger partial charge in [-0.1, -0.05) is 23.2 Å². The van der Waals surface area contributed by atoms with Crippen LogP contribution < -0.4 is 0 Å². The second kappa shape index (κ2) is 5.32. The Bertz CT molecular complexity index is 442. The number of allylic oxidation sites excluding steroid dienone is 2. The highest BCUT2D eigenvalue weighted by Crippen LogP contribution is 2.18. The molecule has 0 saturated heterocycles. The first-order valence-electron chi connectivity index (χ1n) is 4.64. The van der Waals surface area contributed by atoms with Gasteiger partial charge in [0.15, 0.2) is 5.78 Å². The van der Waals surface area contributed by atoms with Crippen LogP contribution in [0.1, 0.15) is 17.3 Å². The van der Waals surface area contributed by atoms with Gasteiger partial charge in [-0.2, -0.15) is 0 Å². The van der Waals surface area contributed by atoms with Crippen LogP contribution in [-0.4, -0.2) is 29.8 Å². The monoisotopic (exact) mass is 258 g/mol. The minimum Gasteiger partial charge on any atom is -0.381 e. The molecule has 0 amide bonds. The summed E-state index contributed by atoms with van der Waals surface area (Å²) < 4.78 is 0. The molecule has 0 spiro atoms. The van der Waals surface area contributed by atoms with Crippen molar-refractivity contribution in [2.45, 2.75) is 6.92 Å². The SMILES string of the molecule is CC(=CC(=O)c1ccc(Cl)nc1Cl)N(C)C. The van der Waals surface area contributed by atoms with Gasteiger partial charge in [-0.15, -0.1) is 0 Å². The van der Waals surface area contributed by atoms with E-state index in [-0.39, 0.29) is 16.1 Å². The van der Waals surface area contributed by atoms with Crippen LogP contribution in [0.15, 0.2) is 23.9 Å². The minimum atomic E-state index is -0.180. The van der Waals surface area contributed by atoms with Crippen molar-refractivity contribution in [2.75, 3.05) is 14.1 Å². The summed E-state index contributed by atoms with van der Waals surface area (Å²) in [5.41, 5.74) is 1.20. The standard InChI is InChI=1S/C11H12Cl2N2O/c1-7(15(2)3)6-9(16)8-4-5-10(12)14-11(8)13/h4-6H,1-3H3. The lowest BCUT2D eigenvalue weighted by Gasteiger charge is -2.11. The van der Waals surface area contributed by atoms with Crippen LogP contribution in [0.25, 0.3) is 0 Å². The number of aromatic nitrogens is 1. The summed E-state index contributed by atoms with van der Waals surface area (Å²) in [4.78, 5) is 17.5. The van der Waals surface area contributed by atoms with E-state index in [1.807, 2.05) is 25.9 Å². The van der Waals surface area contributed by atoms with Crippen LogP contribution in [0.2, 0.25) is 10.3 Å². The van der Waals surface area contributed by atoms with Gasteiger partial charge in [-0.25, -0.2) is 4.98 Å². The van der Waals surface area contributed by atoms with Gasteiger partial charge in [-0.3, -0.25) is 4.79 Å². The zero-order chi connectivity index (χ0) is 12.3. The molecule has 1 heterocycles. The summed E-state index contributed by atoms with van der Waals surface area (Å²) in [6, 6.07) is 3.11. The highest BCUT2D eigenvalue weighted by molar-refractivity contribution is 6.35. The molecule has 16 heavy (non-hydrogen) atoms. The Balaban J connectivity index is 3.02. The fraction of sp³-hybridized carbons (Fsp3) is 0.273. The minimum absolute atomic E-state index is 0.125. The van der Waals surface area contributed by atoms with Gasteiger partial charge in [0.2, 0.25) is 0 Å². The summed E-state index contributed by atoms with van der Waals surface area (Å²) in [6.07, 6.45) is 1.51. The number of halogens is 2. The molecule has 1 aromatic heterocycles. The molecule has 0 aliphatic heterocycles. The van der Waals surface area contributed by atoms with E-state index >= 15 is 0 Å². The van der Waals surface area contributed by atoms with Crippen LogP contribution in [0.5, 0.6) is 0 Å². The second-order valence-corrected chi connectivity index (χ2v) is 4.26. The average Bonchev–Trinajstić information content (AvgIpc) is 2.16. The van der Waals surface area contributed by atoms with Gasteiger partial charge < -0.3 is 4.90 Å². The number of carbonyl (C=O) groups is 1. The lowest BCUT2D eigenvalue weighted by atomic mass is 10.1. The normalized spacial score (nSPS) is 11.4. The van der Waals surface area contributed by atoms with Crippen LogP contribution in [0.4, 0.5) is 0 Å². The third-order valence-electron chi connectivity index (χ3n) is 2.13. The fourth-order valence-corrected chi connectivity index (χ4v) is 1.43. The predicted octanol–water partition coefficient (Wildman–Crippen LogP) is 3.04. The number of ketones is 1. The summed E-state index contributed by atoms with van der Waals surface area (Å²) in [7, 11) is 3.72. The molecular weight excluding hydrogens is 247 g/mol. The number of pyridine rings is 1. The summed E-state index contributed by atoms with van der Waals surface area (Å²) >= 11 is 11.5. The quantitative estimate of drug-likeness (QED) is 0.475. The van der Waals surface area contributed by atoms with Crippen molar-refractivity contribution in [1.82, 2.24) is 9.88 Å². The van der Waals surface area contributed by atoms with Crippen LogP contribution in [-0.2, 0) is 0 Å². The van der Waals surface area contributed by atoms with Gasteiger partial charge in [0.1, 0.15) is 10.3 Å². The van der Waals surface area contributed by atoms with Gasteiger partial charge in [-0.05, 0) is 19.1 Å². The van der Waals surface area contributed by atoms with E-state index in [2.05, 4.69) is 4.98 Å². The van der Waals surface area contributed by atoms with E-state index < -0.39 is 0 Å². The molecule has 86 valence electrons. The summed E-state index contributed by atoms with van der Waals surface area (Å²) in [5, 5.41) is 0.398. The van der Waals surface area contributed by atoms with Crippen LogP contribution in [0, 0.1) is 0 Å².